The van der Waals surface area contributed by atoms with Crippen molar-refractivity contribution in [2.75, 3.05) is 0 Å². The van der Waals surface area contributed by atoms with E-state index in [1.54, 1.807) is 24.3 Å². The highest BCUT2D eigenvalue weighted by molar-refractivity contribution is 6.26. The van der Waals surface area contributed by atoms with Gasteiger partial charge in [0.1, 0.15) is 0 Å². The van der Waals surface area contributed by atoms with Gasteiger partial charge in [0.25, 0.3) is 0 Å². The smallest absolute Gasteiger partial charge is 0.174 e. The first-order valence-corrected chi connectivity index (χ1v) is 4.80. The van der Waals surface area contributed by atoms with E-state index in [1.807, 2.05) is 13.8 Å². The zero-order chi connectivity index (χ0) is 10.3. The van der Waals surface area contributed by atoms with Crippen LogP contribution in [0.25, 0.3) is 0 Å². The molecule has 1 aromatic rings. The molecule has 2 rings (SSSR count). The van der Waals surface area contributed by atoms with E-state index < -0.39 is 5.92 Å². The molecule has 0 saturated carbocycles. The third-order valence-corrected chi connectivity index (χ3v) is 2.69. The maximum atomic E-state index is 11.8. The van der Waals surface area contributed by atoms with Crippen LogP contribution in [0.5, 0.6) is 0 Å². The number of benzene rings is 1. The number of hydrogen-bond acceptors (Lipinski definition) is 2. The Balaban J connectivity index is 2.54. The lowest BCUT2D eigenvalue weighted by Gasteiger charge is -2.09. The molecule has 0 bridgehead atoms. The van der Waals surface area contributed by atoms with Gasteiger partial charge in [0.05, 0.1) is 5.92 Å². The SMILES string of the molecule is CC(C)C1C(=O)c2ccccc2C1=O. The van der Waals surface area contributed by atoms with Gasteiger partial charge in [0, 0.05) is 11.1 Å². The van der Waals surface area contributed by atoms with Gasteiger partial charge in [-0.15, -0.1) is 0 Å². The molecule has 0 spiro atoms. The third-order valence-electron chi connectivity index (χ3n) is 2.69. The van der Waals surface area contributed by atoms with Gasteiger partial charge in [-0.05, 0) is 5.92 Å². The van der Waals surface area contributed by atoms with Crippen LogP contribution in [0.3, 0.4) is 0 Å². The lowest BCUT2D eigenvalue weighted by molar-refractivity contribution is 0.0800. The number of ketones is 2. The summed E-state index contributed by atoms with van der Waals surface area (Å²) in [5.41, 5.74) is 1.19. The number of rotatable bonds is 1. The first kappa shape index (κ1) is 9.13. The predicted molar refractivity (Wildman–Crippen MR) is 53.4 cm³/mol. The fourth-order valence-corrected chi connectivity index (χ4v) is 1.97. The van der Waals surface area contributed by atoms with E-state index in [1.165, 1.54) is 0 Å². The number of hydrogen-bond donors (Lipinski definition) is 0. The normalized spacial score (nSPS) is 16.5. The van der Waals surface area contributed by atoms with Crippen molar-refractivity contribution in [3.8, 4) is 0 Å². The average molecular weight is 188 g/mol. The molecule has 0 aliphatic heterocycles. The Hall–Kier alpha value is -1.44. The summed E-state index contributed by atoms with van der Waals surface area (Å²) in [5.74, 6) is -0.393. The van der Waals surface area contributed by atoms with Crippen LogP contribution in [0.1, 0.15) is 34.6 Å². The van der Waals surface area contributed by atoms with Crippen LogP contribution in [0, 0.1) is 11.8 Å². The molecule has 0 radical (unpaired) electrons. The van der Waals surface area contributed by atoms with Gasteiger partial charge in [0.15, 0.2) is 11.6 Å². The van der Waals surface area contributed by atoms with Gasteiger partial charge in [-0.3, -0.25) is 9.59 Å². The Labute approximate surface area is 82.9 Å². The number of Topliss-reactive ketones (excluding diaryl/α,β-unsaturated/α-hetero) is 2. The highest BCUT2D eigenvalue weighted by Crippen LogP contribution is 2.30. The second-order valence-electron chi connectivity index (χ2n) is 4.00. The van der Waals surface area contributed by atoms with Gasteiger partial charge < -0.3 is 0 Å². The van der Waals surface area contributed by atoms with Crippen molar-refractivity contribution in [2.24, 2.45) is 11.8 Å². The topological polar surface area (TPSA) is 34.1 Å². The van der Waals surface area contributed by atoms with Gasteiger partial charge in [0.2, 0.25) is 0 Å². The van der Waals surface area contributed by atoms with Crippen LogP contribution in [0.15, 0.2) is 24.3 Å². The molecule has 72 valence electrons. The minimum absolute atomic E-state index is 0.0133. The summed E-state index contributed by atoms with van der Waals surface area (Å²) in [6, 6.07) is 7.06. The molecule has 0 aromatic heterocycles. The van der Waals surface area contributed by atoms with Crippen molar-refractivity contribution in [1.29, 1.82) is 0 Å². The average Bonchev–Trinajstić information content (AvgIpc) is 2.41. The van der Waals surface area contributed by atoms with Crippen molar-refractivity contribution in [3.05, 3.63) is 35.4 Å². The summed E-state index contributed by atoms with van der Waals surface area (Å²) in [5, 5.41) is 0. The quantitative estimate of drug-likeness (QED) is 0.634. The largest absolute Gasteiger partial charge is 0.293 e. The summed E-state index contributed by atoms with van der Waals surface area (Å²) < 4.78 is 0. The number of fused-ring (bicyclic) bond motifs is 1. The summed E-state index contributed by atoms with van der Waals surface area (Å²) in [7, 11) is 0. The minimum atomic E-state index is -0.451. The molecule has 0 atom stereocenters. The fraction of sp³-hybridized carbons (Fsp3) is 0.333. The van der Waals surface area contributed by atoms with Crippen LogP contribution in [0.2, 0.25) is 0 Å². The van der Waals surface area contributed by atoms with Crippen molar-refractivity contribution < 1.29 is 9.59 Å². The molecule has 1 aliphatic rings. The van der Waals surface area contributed by atoms with Crippen LogP contribution in [-0.2, 0) is 0 Å². The molecule has 0 fully saturated rings. The fourth-order valence-electron chi connectivity index (χ4n) is 1.97. The Morgan fingerprint density at radius 2 is 1.43 bits per heavy atom. The highest BCUT2D eigenvalue weighted by Gasteiger charge is 2.39. The summed E-state index contributed by atoms with van der Waals surface area (Å²) in [4.78, 5) is 23.7. The molecule has 0 unspecified atom stereocenters. The maximum absolute atomic E-state index is 11.8. The highest BCUT2D eigenvalue weighted by atomic mass is 16.2. The zero-order valence-corrected chi connectivity index (χ0v) is 8.28. The van der Waals surface area contributed by atoms with E-state index in [-0.39, 0.29) is 17.5 Å². The Kier molecular flexibility index (Phi) is 1.99. The molecule has 14 heavy (non-hydrogen) atoms. The van der Waals surface area contributed by atoms with Crippen molar-refractivity contribution >= 4 is 11.6 Å². The van der Waals surface area contributed by atoms with E-state index in [0.717, 1.165) is 0 Å². The molecule has 1 aromatic carbocycles. The van der Waals surface area contributed by atoms with E-state index in [2.05, 4.69) is 0 Å². The molecule has 0 amide bonds. The van der Waals surface area contributed by atoms with E-state index in [0.29, 0.717) is 11.1 Å². The van der Waals surface area contributed by atoms with Crippen molar-refractivity contribution in [1.82, 2.24) is 0 Å². The maximum Gasteiger partial charge on any atom is 0.174 e. The number of carbonyl (C=O) groups excluding carboxylic acids is 2. The molecular weight excluding hydrogens is 176 g/mol. The summed E-state index contributed by atoms with van der Waals surface area (Å²) >= 11 is 0. The van der Waals surface area contributed by atoms with Gasteiger partial charge in [-0.25, -0.2) is 0 Å². The van der Waals surface area contributed by atoms with E-state index in [4.69, 9.17) is 0 Å². The van der Waals surface area contributed by atoms with Crippen LogP contribution >= 0.6 is 0 Å². The van der Waals surface area contributed by atoms with Crippen LogP contribution < -0.4 is 0 Å². The van der Waals surface area contributed by atoms with Gasteiger partial charge in [-0.2, -0.15) is 0 Å². The molecule has 0 saturated heterocycles. The summed E-state index contributed by atoms with van der Waals surface area (Å²) in [6.45, 7) is 3.82. The standard InChI is InChI=1S/C12H12O2/c1-7(2)10-11(13)8-5-3-4-6-9(8)12(10)14/h3-7,10H,1-2H3. The summed E-state index contributed by atoms with van der Waals surface area (Å²) in [6.07, 6.45) is 0. The molecule has 2 nitrogen and oxygen atoms in total. The monoisotopic (exact) mass is 188 g/mol. The second-order valence-corrected chi connectivity index (χ2v) is 4.00. The first-order valence-electron chi connectivity index (χ1n) is 4.80. The van der Waals surface area contributed by atoms with Gasteiger partial charge >= 0.3 is 0 Å². The van der Waals surface area contributed by atoms with Crippen molar-refractivity contribution in [2.45, 2.75) is 13.8 Å². The van der Waals surface area contributed by atoms with E-state index >= 15 is 0 Å². The lowest BCUT2D eigenvalue weighted by atomic mass is 9.91. The molecule has 0 N–H and O–H groups in total. The second kappa shape index (κ2) is 3.05. The molecule has 0 heterocycles. The first-order chi connectivity index (χ1) is 6.63. The van der Waals surface area contributed by atoms with Gasteiger partial charge in [-0.1, -0.05) is 38.1 Å². The Morgan fingerprint density at radius 3 is 1.79 bits per heavy atom. The minimum Gasteiger partial charge on any atom is -0.293 e. The Morgan fingerprint density at radius 1 is 1.00 bits per heavy atom. The Bertz CT molecular complexity index is 370. The van der Waals surface area contributed by atoms with Crippen LogP contribution in [-0.4, -0.2) is 11.6 Å². The van der Waals surface area contributed by atoms with Crippen LogP contribution in [0.4, 0.5) is 0 Å². The number of carbonyl (C=O) groups is 2. The predicted octanol–water partition coefficient (Wildman–Crippen LogP) is 2.34. The van der Waals surface area contributed by atoms with E-state index in [9.17, 15) is 9.59 Å². The third kappa shape index (κ3) is 1.10. The molecule has 2 heteroatoms. The zero-order valence-electron chi connectivity index (χ0n) is 8.28. The molecular formula is C12H12O2. The van der Waals surface area contributed by atoms with Crippen molar-refractivity contribution in [3.63, 3.8) is 0 Å². The lowest BCUT2D eigenvalue weighted by Crippen LogP contribution is -2.21. The molecule has 1 aliphatic carbocycles.